The van der Waals surface area contributed by atoms with E-state index in [0.29, 0.717) is 5.95 Å². The third-order valence-corrected chi connectivity index (χ3v) is 4.26. The van der Waals surface area contributed by atoms with E-state index in [-0.39, 0.29) is 0 Å². The number of hydrogen-bond acceptors (Lipinski definition) is 4. The van der Waals surface area contributed by atoms with Crippen LogP contribution in [0.2, 0.25) is 0 Å². The number of rotatable bonds is 3. The molecule has 1 aromatic rings. The molecule has 1 aliphatic carbocycles. The third kappa shape index (κ3) is 3.11. The van der Waals surface area contributed by atoms with Crippen LogP contribution in [0.4, 0.5) is 5.95 Å². The monoisotopic (exact) mass is 237 g/mol. The van der Waals surface area contributed by atoms with E-state index in [1.165, 1.54) is 25.7 Å². The van der Waals surface area contributed by atoms with Crippen molar-refractivity contribution in [2.24, 2.45) is 5.92 Å². The summed E-state index contributed by atoms with van der Waals surface area (Å²) in [6, 6.07) is 2.00. The van der Waals surface area contributed by atoms with Gasteiger partial charge >= 0.3 is 0 Å². The van der Waals surface area contributed by atoms with Crippen LogP contribution in [0, 0.1) is 5.92 Å². The third-order valence-electron chi connectivity index (χ3n) is 3.03. The highest BCUT2D eigenvalue weighted by molar-refractivity contribution is 7.99. The van der Waals surface area contributed by atoms with Crippen molar-refractivity contribution in [1.82, 2.24) is 9.97 Å². The van der Waals surface area contributed by atoms with Gasteiger partial charge in [-0.2, -0.15) is 0 Å². The number of hydrogen-bond donors (Lipinski definition) is 1. The predicted molar refractivity (Wildman–Crippen MR) is 68.9 cm³/mol. The first-order valence-corrected chi connectivity index (χ1v) is 6.83. The van der Waals surface area contributed by atoms with Crippen molar-refractivity contribution < 1.29 is 0 Å². The SMILES string of the molecule is CNc1nccc(SC2CCCC(C)C2)n1. The number of anilines is 1. The molecule has 16 heavy (non-hydrogen) atoms. The van der Waals surface area contributed by atoms with Crippen molar-refractivity contribution in [2.75, 3.05) is 12.4 Å². The molecular weight excluding hydrogens is 218 g/mol. The number of nitrogens with zero attached hydrogens (tertiary/aromatic N) is 2. The van der Waals surface area contributed by atoms with E-state index in [9.17, 15) is 0 Å². The molecule has 1 aliphatic rings. The molecule has 1 aromatic heterocycles. The van der Waals surface area contributed by atoms with Gasteiger partial charge in [-0.25, -0.2) is 9.97 Å². The normalized spacial score (nSPS) is 25.4. The van der Waals surface area contributed by atoms with Crippen LogP contribution in [0.3, 0.4) is 0 Å². The molecule has 0 aromatic carbocycles. The molecule has 0 bridgehead atoms. The highest BCUT2D eigenvalue weighted by Gasteiger charge is 2.20. The van der Waals surface area contributed by atoms with Crippen molar-refractivity contribution >= 4 is 17.7 Å². The van der Waals surface area contributed by atoms with E-state index in [1.54, 1.807) is 0 Å². The van der Waals surface area contributed by atoms with Gasteiger partial charge in [0, 0.05) is 18.5 Å². The second kappa shape index (κ2) is 5.53. The minimum Gasteiger partial charge on any atom is -0.357 e. The average molecular weight is 237 g/mol. The fourth-order valence-electron chi connectivity index (χ4n) is 2.18. The van der Waals surface area contributed by atoms with E-state index in [0.717, 1.165) is 16.2 Å². The fraction of sp³-hybridized carbons (Fsp3) is 0.667. The Kier molecular flexibility index (Phi) is 4.04. The van der Waals surface area contributed by atoms with Gasteiger partial charge in [-0.05, 0) is 24.8 Å². The molecule has 0 radical (unpaired) electrons. The minimum absolute atomic E-state index is 0.717. The number of aromatic nitrogens is 2. The molecule has 2 rings (SSSR count). The Bertz CT molecular complexity index is 343. The molecule has 1 N–H and O–H groups in total. The molecule has 3 nitrogen and oxygen atoms in total. The van der Waals surface area contributed by atoms with Gasteiger partial charge < -0.3 is 5.32 Å². The standard InChI is InChI=1S/C12H19N3S/c1-9-4-3-5-10(8-9)16-11-6-7-14-12(13-2)15-11/h6-7,9-10H,3-5,8H2,1-2H3,(H,13,14,15). The van der Waals surface area contributed by atoms with Crippen LogP contribution in [-0.4, -0.2) is 22.3 Å². The first-order chi connectivity index (χ1) is 7.78. The Balaban J connectivity index is 1.97. The van der Waals surface area contributed by atoms with E-state index in [1.807, 2.05) is 31.1 Å². The van der Waals surface area contributed by atoms with Crippen LogP contribution in [0.1, 0.15) is 32.6 Å². The average Bonchev–Trinajstić information content (AvgIpc) is 2.29. The van der Waals surface area contributed by atoms with Crippen LogP contribution < -0.4 is 5.32 Å². The summed E-state index contributed by atoms with van der Waals surface area (Å²) < 4.78 is 0. The highest BCUT2D eigenvalue weighted by atomic mass is 32.2. The second-order valence-corrected chi connectivity index (χ2v) is 5.80. The van der Waals surface area contributed by atoms with Gasteiger partial charge in [-0.15, -0.1) is 11.8 Å². The molecule has 1 fully saturated rings. The quantitative estimate of drug-likeness (QED) is 0.819. The summed E-state index contributed by atoms with van der Waals surface area (Å²) in [5.41, 5.74) is 0. The number of nitrogens with one attached hydrogen (secondary N) is 1. The Hall–Kier alpha value is -0.770. The minimum atomic E-state index is 0.717. The molecule has 0 aliphatic heterocycles. The van der Waals surface area contributed by atoms with E-state index >= 15 is 0 Å². The summed E-state index contributed by atoms with van der Waals surface area (Å²) in [5, 5.41) is 4.81. The summed E-state index contributed by atoms with van der Waals surface area (Å²) in [6.45, 7) is 2.35. The van der Waals surface area contributed by atoms with Gasteiger partial charge in [0.2, 0.25) is 5.95 Å². The highest BCUT2D eigenvalue weighted by Crippen LogP contribution is 2.35. The molecule has 1 heterocycles. The van der Waals surface area contributed by atoms with Crippen molar-refractivity contribution in [1.29, 1.82) is 0 Å². The van der Waals surface area contributed by atoms with Crippen LogP contribution in [0.15, 0.2) is 17.3 Å². The van der Waals surface area contributed by atoms with Crippen LogP contribution >= 0.6 is 11.8 Å². The zero-order valence-corrected chi connectivity index (χ0v) is 10.8. The largest absolute Gasteiger partial charge is 0.357 e. The number of thioether (sulfide) groups is 1. The predicted octanol–water partition coefficient (Wildman–Crippen LogP) is 3.19. The van der Waals surface area contributed by atoms with Crippen molar-refractivity contribution in [3.05, 3.63) is 12.3 Å². The fourth-order valence-corrected chi connectivity index (χ4v) is 3.51. The summed E-state index contributed by atoms with van der Waals surface area (Å²) >= 11 is 1.91. The molecule has 88 valence electrons. The molecule has 0 amide bonds. The summed E-state index contributed by atoms with van der Waals surface area (Å²) in [6.07, 6.45) is 7.23. The lowest BCUT2D eigenvalue weighted by molar-refractivity contribution is 0.394. The lowest BCUT2D eigenvalue weighted by Gasteiger charge is -2.25. The van der Waals surface area contributed by atoms with Gasteiger partial charge in [0.25, 0.3) is 0 Å². The molecular formula is C12H19N3S. The molecule has 0 saturated heterocycles. The van der Waals surface area contributed by atoms with Gasteiger partial charge in [0.05, 0.1) is 0 Å². The van der Waals surface area contributed by atoms with E-state index in [4.69, 9.17) is 0 Å². The summed E-state index contributed by atoms with van der Waals surface area (Å²) in [7, 11) is 1.85. The topological polar surface area (TPSA) is 37.8 Å². The van der Waals surface area contributed by atoms with Gasteiger partial charge in [0.1, 0.15) is 5.03 Å². The second-order valence-electron chi connectivity index (χ2n) is 4.48. The zero-order chi connectivity index (χ0) is 11.4. The Labute approximate surface area is 101 Å². The van der Waals surface area contributed by atoms with Gasteiger partial charge in [-0.3, -0.25) is 0 Å². The van der Waals surface area contributed by atoms with Crippen LogP contribution in [-0.2, 0) is 0 Å². The summed E-state index contributed by atoms with van der Waals surface area (Å²) in [5.74, 6) is 1.59. The van der Waals surface area contributed by atoms with Crippen molar-refractivity contribution in [3.63, 3.8) is 0 Å². The maximum atomic E-state index is 4.45. The van der Waals surface area contributed by atoms with Gasteiger partial charge in [-0.1, -0.05) is 19.8 Å². The van der Waals surface area contributed by atoms with Crippen molar-refractivity contribution in [2.45, 2.75) is 42.9 Å². The van der Waals surface area contributed by atoms with E-state index < -0.39 is 0 Å². The molecule has 0 spiro atoms. The van der Waals surface area contributed by atoms with Gasteiger partial charge in [0.15, 0.2) is 0 Å². The smallest absolute Gasteiger partial charge is 0.223 e. The Morgan fingerprint density at radius 3 is 3.06 bits per heavy atom. The summed E-state index contributed by atoms with van der Waals surface area (Å²) in [4.78, 5) is 8.58. The lowest BCUT2D eigenvalue weighted by atomic mass is 9.91. The maximum absolute atomic E-state index is 4.45. The molecule has 2 atom stereocenters. The van der Waals surface area contributed by atoms with E-state index in [2.05, 4.69) is 22.2 Å². The molecule has 2 unspecified atom stereocenters. The van der Waals surface area contributed by atoms with Crippen LogP contribution in [0.5, 0.6) is 0 Å². The first kappa shape index (κ1) is 11.7. The first-order valence-electron chi connectivity index (χ1n) is 5.95. The molecule has 1 saturated carbocycles. The Morgan fingerprint density at radius 2 is 2.31 bits per heavy atom. The van der Waals surface area contributed by atoms with Crippen molar-refractivity contribution in [3.8, 4) is 0 Å². The maximum Gasteiger partial charge on any atom is 0.223 e. The Morgan fingerprint density at radius 1 is 1.44 bits per heavy atom. The molecule has 4 heteroatoms. The van der Waals surface area contributed by atoms with Crippen LogP contribution in [0.25, 0.3) is 0 Å². The zero-order valence-electron chi connectivity index (χ0n) is 9.94. The lowest BCUT2D eigenvalue weighted by Crippen LogP contribution is -2.15.